The molecule has 1 saturated carbocycles. The van der Waals surface area contributed by atoms with Crippen LogP contribution in [0.1, 0.15) is 36.8 Å². The highest BCUT2D eigenvalue weighted by molar-refractivity contribution is 5.25. The lowest BCUT2D eigenvalue weighted by Gasteiger charge is -2.31. The Morgan fingerprint density at radius 1 is 1.22 bits per heavy atom. The maximum atomic E-state index is 5.86. The van der Waals surface area contributed by atoms with E-state index in [4.69, 9.17) is 5.73 Å². The predicted molar refractivity (Wildman–Crippen MR) is 77.7 cm³/mol. The summed E-state index contributed by atoms with van der Waals surface area (Å²) in [6.07, 6.45) is 6.45. The summed E-state index contributed by atoms with van der Waals surface area (Å²) in [5.41, 5.74) is 8.72. The molecule has 1 fully saturated rings. The summed E-state index contributed by atoms with van der Waals surface area (Å²) >= 11 is 0. The quantitative estimate of drug-likeness (QED) is 0.838. The molecule has 1 aliphatic carbocycles. The Morgan fingerprint density at radius 2 is 2.00 bits per heavy atom. The first-order valence-corrected chi connectivity index (χ1v) is 7.29. The van der Waals surface area contributed by atoms with Crippen molar-refractivity contribution in [3.05, 3.63) is 35.4 Å². The smallest absolute Gasteiger partial charge is 0.0107 e. The van der Waals surface area contributed by atoms with E-state index in [1.807, 2.05) is 0 Å². The molecule has 1 aliphatic rings. The number of nitrogens with two attached hydrogens (primary N) is 1. The van der Waals surface area contributed by atoms with E-state index in [1.54, 1.807) is 0 Å². The molecule has 0 radical (unpaired) electrons. The minimum atomic E-state index is 0.646. The Morgan fingerprint density at radius 3 is 2.78 bits per heavy atom. The fourth-order valence-electron chi connectivity index (χ4n) is 3.04. The topological polar surface area (TPSA) is 38.0 Å². The average Bonchev–Trinajstić information content (AvgIpc) is 2.41. The highest BCUT2D eigenvalue weighted by atomic mass is 14.9. The maximum Gasteiger partial charge on any atom is 0.0107 e. The fraction of sp³-hybridized carbons (Fsp3) is 0.625. The second-order valence-electron chi connectivity index (χ2n) is 5.52. The molecule has 2 heteroatoms. The van der Waals surface area contributed by atoms with E-state index in [9.17, 15) is 0 Å². The molecule has 3 N–H and O–H groups in total. The molecule has 100 valence electrons. The number of rotatable bonds is 5. The molecule has 0 bridgehead atoms. The van der Waals surface area contributed by atoms with Gasteiger partial charge in [0.1, 0.15) is 0 Å². The lowest BCUT2D eigenvalue weighted by Crippen LogP contribution is -2.42. The van der Waals surface area contributed by atoms with Crippen molar-refractivity contribution in [2.75, 3.05) is 13.1 Å². The van der Waals surface area contributed by atoms with Crippen molar-refractivity contribution in [3.8, 4) is 0 Å². The van der Waals surface area contributed by atoms with Gasteiger partial charge in [0.25, 0.3) is 0 Å². The van der Waals surface area contributed by atoms with Gasteiger partial charge in [-0.25, -0.2) is 0 Å². The summed E-state index contributed by atoms with van der Waals surface area (Å²) in [4.78, 5) is 0. The normalized spacial score (nSPS) is 24.1. The van der Waals surface area contributed by atoms with E-state index in [2.05, 4.69) is 36.5 Å². The van der Waals surface area contributed by atoms with Crippen molar-refractivity contribution in [2.24, 2.45) is 11.7 Å². The standard InChI is InChI=1S/C16H26N2/c1-13-6-2-3-7-14(13)10-11-18-16-9-5-4-8-15(16)12-17/h2-3,6-7,15-16,18H,4-5,8-12,17H2,1H3. The van der Waals surface area contributed by atoms with Crippen LogP contribution in [0.5, 0.6) is 0 Å². The van der Waals surface area contributed by atoms with Crippen LogP contribution >= 0.6 is 0 Å². The number of hydrogen-bond acceptors (Lipinski definition) is 2. The van der Waals surface area contributed by atoms with Gasteiger partial charge >= 0.3 is 0 Å². The van der Waals surface area contributed by atoms with Gasteiger partial charge < -0.3 is 11.1 Å². The van der Waals surface area contributed by atoms with Crippen LogP contribution < -0.4 is 11.1 Å². The third-order valence-electron chi connectivity index (χ3n) is 4.27. The fourth-order valence-corrected chi connectivity index (χ4v) is 3.04. The van der Waals surface area contributed by atoms with Gasteiger partial charge in [0.2, 0.25) is 0 Å². The number of hydrogen-bond donors (Lipinski definition) is 2. The third kappa shape index (κ3) is 3.56. The summed E-state index contributed by atoms with van der Waals surface area (Å²) in [6, 6.07) is 9.31. The van der Waals surface area contributed by atoms with Gasteiger partial charge in [-0.15, -0.1) is 0 Å². The molecule has 18 heavy (non-hydrogen) atoms. The van der Waals surface area contributed by atoms with Crippen molar-refractivity contribution in [3.63, 3.8) is 0 Å². The zero-order chi connectivity index (χ0) is 12.8. The largest absolute Gasteiger partial charge is 0.330 e. The zero-order valence-corrected chi connectivity index (χ0v) is 11.5. The van der Waals surface area contributed by atoms with Crippen LogP contribution in [0.3, 0.4) is 0 Å². The lowest BCUT2D eigenvalue weighted by atomic mass is 9.84. The third-order valence-corrected chi connectivity index (χ3v) is 4.27. The molecule has 1 aromatic carbocycles. The van der Waals surface area contributed by atoms with Crippen molar-refractivity contribution in [2.45, 2.75) is 45.1 Å². The van der Waals surface area contributed by atoms with E-state index in [-0.39, 0.29) is 0 Å². The molecule has 2 unspecified atom stereocenters. The van der Waals surface area contributed by atoms with Crippen LogP contribution in [-0.2, 0) is 6.42 Å². The summed E-state index contributed by atoms with van der Waals surface area (Å²) in [5.74, 6) is 0.690. The second-order valence-corrected chi connectivity index (χ2v) is 5.52. The molecular formula is C16H26N2. The first kappa shape index (κ1) is 13.6. The molecule has 0 spiro atoms. The lowest BCUT2D eigenvalue weighted by molar-refractivity contribution is 0.269. The zero-order valence-electron chi connectivity index (χ0n) is 11.5. The van der Waals surface area contributed by atoms with Gasteiger partial charge in [0, 0.05) is 6.04 Å². The van der Waals surface area contributed by atoms with Crippen molar-refractivity contribution in [1.29, 1.82) is 0 Å². The summed E-state index contributed by atoms with van der Waals surface area (Å²) in [7, 11) is 0. The minimum absolute atomic E-state index is 0.646. The minimum Gasteiger partial charge on any atom is -0.330 e. The monoisotopic (exact) mass is 246 g/mol. The number of benzene rings is 1. The first-order valence-electron chi connectivity index (χ1n) is 7.29. The van der Waals surface area contributed by atoms with Crippen LogP contribution in [0.15, 0.2) is 24.3 Å². The number of aryl methyl sites for hydroxylation is 1. The van der Waals surface area contributed by atoms with E-state index in [0.717, 1.165) is 19.5 Å². The first-order chi connectivity index (χ1) is 8.81. The Labute approximate surface area is 111 Å². The van der Waals surface area contributed by atoms with Gasteiger partial charge in [-0.2, -0.15) is 0 Å². The Kier molecular flexibility index (Phi) is 5.21. The van der Waals surface area contributed by atoms with Crippen LogP contribution in [0.4, 0.5) is 0 Å². The summed E-state index contributed by atoms with van der Waals surface area (Å²) < 4.78 is 0. The number of nitrogens with one attached hydrogen (secondary N) is 1. The Balaban J connectivity index is 1.79. The van der Waals surface area contributed by atoms with Crippen LogP contribution in [0.25, 0.3) is 0 Å². The van der Waals surface area contributed by atoms with E-state index in [0.29, 0.717) is 12.0 Å². The summed E-state index contributed by atoms with van der Waals surface area (Å²) in [6.45, 7) is 4.10. The van der Waals surface area contributed by atoms with Gasteiger partial charge in [0.05, 0.1) is 0 Å². The van der Waals surface area contributed by atoms with Gasteiger partial charge in [0.15, 0.2) is 0 Å². The molecular weight excluding hydrogens is 220 g/mol. The van der Waals surface area contributed by atoms with Gasteiger partial charge in [-0.1, -0.05) is 37.1 Å². The van der Waals surface area contributed by atoms with Gasteiger partial charge in [-0.05, 0) is 56.3 Å². The van der Waals surface area contributed by atoms with E-state index in [1.165, 1.54) is 36.8 Å². The molecule has 0 heterocycles. The molecule has 2 nitrogen and oxygen atoms in total. The predicted octanol–water partition coefficient (Wildman–Crippen LogP) is 2.64. The summed E-state index contributed by atoms with van der Waals surface area (Å²) in [5, 5.41) is 3.72. The molecule has 0 aromatic heterocycles. The van der Waals surface area contributed by atoms with E-state index >= 15 is 0 Å². The maximum absolute atomic E-state index is 5.86. The second kappa shape index (κ2) is 6.91. The highest BCUT2D eigenvalue weighted by Crippen LogP contribution is 2.23. The van der Waals surface area contributed by atoms with Crippen molar-refractivity contribution < 1.29 is 0 Å². The molecule has 2 rings (SSSR count). The van der Waals surface area contributed by atoms with Crippen LogP contribution in [0, 0.1) is 12.8 Å². The average molecular weight is 246 g/mol. The molecule has 0 amide bonds. The van der Waals surface area contributed by atoms with Gasteiger partial charge in [-0.3, -0.25) is 0 Å². The highest BCUT2D eigenvalue weighted by Gasteiger charge is 2.22. The van der Waals surface area contributed by atoms with Crippen LogP contribution in [-0.4, -0.2) is 19.1 Å². The molecule has 0 aliphatic heterocycles. The molecule has 1 aromatic rings. The Hall–Kier alpha value is -0.860. The van der Waals surface area contributed by atoms with Crippen LogP contribution in [0.2, 0.25) is 0 Å². The Bertz CT molecular complexity index is 362. The van der Waals surface area contributed by atoms with Crippen molar-refractivity contribution >= 4 is 0 Å². The SMILES string of the molecule is Cc1ccccc1CCNC1CCCCC1CN. The van der Waals surface area contributed by atoms with Crippen molar-refractivity contribution in [1.82, 2.24) is 5.32 Å². The van der Waals surface area contributed by atoms with E-state index < -0.39 is 0 Å². The molecule has 0 saturated heterocycles. The molecule has 2 atom stereocenters.